The molecule has 106 valence electrons. The molecule has 0 bridgehead atoms. The number of rotatable bonds is 6. The molecular weight excluding hydrogens is 236 g/mol. The minimum Gasteiger partial charge on any atom is -0.335 e. The van der Waals surface area contributed by atoms with Crippen LogP contribution < -0.4 is 5.73 Å². The van der Waals surface area contributed by atoms with Crippen molar-refractivity contribution in [3.8, 4) is 0 Å². The Kier molecular flexibility index (Phi) is 6.03. The SMILES string of the molecule is CCC(C)N(Cc1ccccc1)C(=O)C(C)C(C)N. The van der Waals surface area contributed by atoms with E-state index >= 15 is 0 Å². The Balaban J connectivity index is 2.86. The first-order valence-corrected chi connectivity index (χ1v) is 7.07. The molecule has 0 saturated carbocycles. The number of hydrogen-bond acceptors (Lipinski definition) is 2. The fraction of sp³-hybridized carbons (Fsp3) is 0.562. The van der Waals surface area contributed by atoms with E-state index in [4.69, 9.17) is 5.73 Å². The first-order chi connectivity index (χ1) is 8.97. The van der Waals surface area contributed by atoms with Gasteiger partial charge in [-0.25, -0.2) is 0 Å². The quantitative estimate of drug-likeness (QED) is 0.857. The van der Waals surface area contributed by atoms with Crippen LogP contribution in [0.4, 0.5) is 0 Å². The second-order valence-corrected chi connectivity index (χ2v) is 5.36. The molecule has 3 nitrogen and oxygen atoms in total. The van der Waals surface area contributed by atoms with Gasteiger partial charge in [0.15, 0.2) is 0 Å². The molecule has 1 rings (SSSR count). The average Bonchev–Trinajstić information content (AvgIpc) is 2.43. The summed E-state index contributed by atoms with van der Waals surface area (Å²) in [6, 6.07) is 10.2. The summed E-state index contributed by atoms with van der Waals surface area (Å²) in [5.74, 6) is 0.00548. The van der Waals surface area contributed by atoms with E-state index in [1.54, 1.807) is 0 Å². The summed E-state index contributed by atoms with van der Waals surface area (Å²) < 4.78 is 0. The summed E-state index contributed by atoms with van der Waals surface area (Å²) in [5.41, 5.74) is 7.02. The van der Waals surface area contributed by atoms with E-state index in [1.807, 2.05) is 36.9 Å². The zero-order valence-electron chi connectivity index (χ0n) is 12.5. The fourth-order valence-corrected chi connectivity index (χ4v) is 1.94. The predicted octanol–water partition coefficient (Wildman–Crippen LogP) is 2.80. The van der Waals surface area contributed by atoms with E-state index in [9.17, 15) is 4.79 Å². The van der Waals surface area contributed by atoms with Crippen LogP contribution in [0.2, 0.25) is 0 Å². The van der Waals surface area contributed by atoms with Crippen molar-refractivity contribution in [3.63, 3.8) is 0 Å². The van der Waals surface area contributed by atoms with Gasteiger partial charge in [-0.1, -0.05) is 44.2 Å². The lowest BCUT2D eigenvalue weighted by Gasteiger charge is -2.32. The van der Waals surface area contributed by atoms with Crippen molar-refractivity contribution < 1.29 is 4.79 Å². The molecule has 0 aromatic heterocycles. The Morgan fingerprint density at radius 1 is 1.21 bits per heavy atom. The van der Waals surface area contributed by atoms with Crippen molar-refractivity contribution in [1.82, 2.24) is 4.90 Å². The maximum atomic E-state index is 12.5. The molecule has 3 heteroatoms. The summed E-state index contributed by atoms with van der Waals surface area (Å²) in [4.78, 5) is 14.5. The molecule has 1 amide bonds. The molecule has 0 radical (unpaired) electrons. The maximum absolute atomic E-state index is 12.5. The highest BCUT2D eigenvalue weighted by atomic mass is 16.2. The zero-order valence-corrected chi connectivity index (χ0v) is 12.5. The summed E-state index contributed by atoms with van der Waals surface area (Å²) in [6.45, 7) is 8.65. The van der Waals surface area contributed by atoms with E-state index in [2.05, 4.69) is 26.0 Å². The molecule has 3 atom stereocenters. The van der Waals surface area contributed by atoms with Crippen LogP contribution in [0.1, 0.15) is 39.7 Å². The number of hydrogen-bond donors (Lipinski definition) is 1. The predicted molar refractivity (Wildman–Crippen MR) is 79.6 cm³/mol. The van der Waals surface area contributed by atoms with Gasteiger partial charge in [0.25, 0.3) is 0 Å². The zero-order chi connectivity index (χ0) is 14.4. The van der Waals surface area contributed by atoms with Crippen LogP contribution in [0.3, 0.4) is 0 Å². The van der Waals surface area contributed by atoms with Crippen LogP contribution in [0.25, 0.3) is 0 Å². The highest BCUT2D eigenvalue weighted by Crippen LogP contribution is 2.15. The summed E-state index contributed by atoms with van der Waals surface area (Å²) in [5, 5.41) is 0. The lowest BCUT2D eigenvalue weighted by Crippen LogP contribution is -2.45. The number of carbonyl (C=O) groups excluding carboxylic acids is 1. The molecule has 0 saturated heterocycles. The normalized spacial score (nSPS) is 15.6. The van der Waals surface area contributed by atoms with Gasteiger partial charge < -0.3 is 10.6 Å². The first-order valence-electron chi connectivity index (χ1n) is 7.07. The number of benzene rings is 1. The molecule has 0 aliphatic carbocycles. The van der Waals surface area contributed by atoms with Gasteiger partial charge in [0.2, 0.25) is 5.91 Å². The van der Waals surface area contributed by atoms with Crippen LogP contribution in [-0.2, 0) is 11.3 Å². The van der Waals surface area contributed by atoms with Gasteiger partial charge >= 0.3 is 0 Å². The first kappa shape index (κ1) is 15.7. The molecule has 0 aliphatic rings. The Bertz CT molecular complexity index is 389. The second-order valence-electron chi connectivity index (χ2n) is 5.36. The lowest BCUT2D eigenvalue weighted by molar-refractivity contribution is -0.138. The van der Waals surface area contributed by atoms with Crippen molar-refractivity contribution in [2.24, 2.45) is 11.7 Å². The molecular formula is C16H26N2O. The van der Waals surface area contributed by atoms with Gasteiger partial charge in [0.05, 0.1) is 5.92 Å². The highest BCUT2D eigenvalue weighted by Gasteiger charge is 2.26. The highest BCUT2D eigenvalue weighted by molar-refractivity contribution is 5.79. The fourth-order valence-electron chi connectivity index (χ4n) is 1.94. The third kappa shape index (κ3) is 4.35. The molecule has 0 aliphatic heterocycles. The average molecular weight is 262 g/mol. The van der Waals surface area contributed by atoms with E-state index in [-0.39, 0.29) is 23.9 Å². The van der Waals surface area contributed by atoms with E-state index < -0.39 is 0 Å². The Morgan fingerprint density at radius 3 is 2.26 bits per heavy atom. The van der Waals surface area contributed by atoms with Gasteiger partial charge in [-0.05, 0) is 25.8 Å². The molecule has 19 heavy (non-hydrogen) atoms. The van der Waals surface area contributed by atoms with Gasteiger partial charge in [-0.2, -0.15) is 0 Å². The minimum atomic E-state index is -0.141. The number of nitrogens with zero attached hydrogens (tertiary/aromatic N) is 1. The van der Waals surface area contributed by atoms with Gasteiger partial charge in [-0.15, -0.1) is 0 Å². The van der Waals surface area contributed by atoms with Crippen molar-refractivity contribution in [2.45, 2.75) is 52.7 Å². The monoisotopic (exact) mass is 262 g/mol. The minimum absolute atomic E-state index is 0.116. The smallest absolute Gasteiger partial charge is 0.227 e. The number of carbonyl (C=O) groups is 1. The topological polar surface area (TPSA) is 46.3 Å². The van der Waals surface area contributed by atoms with Crippen molar-refractivity contribution in [1.29, 1.82) is 0 Å². The standard InChI is InChI=1S/C16H26N2O/c1-5-12(2)18(16(19)13(3)14(4)17)11-15-9-7-6-8-10-15/h6-10,12-14H,5,11,17H2,1-4H3. The van der Waals surface area contributed by atoms with Gasteiger partial charge in [0, 0.05) is 18.6 Å². The molecule has 1 aromatic rings. The summed E-state index contributed by atoms with van der Waals surface area (Å²) in [6.07, 6.45) is 0.949. The lowest BCUT2D eigenvalue weighted by atomic mass is 10.0. The van der Waals surface area contributed by atoms with E-state index in [0.29, 0.717) is 6.54 Å². The summed E-state index contributed by atoms with van der Waals surface area (Å²) >= 11 is 0. The van der Waals surface area contributed by atoms with E-state index in [1.165, 1.54) is 0 Å². The van der Waals surface area contributed by atoms with Crippen LogP contribution in [0.5, 0.6) is 0 Å². The number of amides is 1. The van der Waals surface area contributed by atoms with Gasteiger partial charge in [0.1, 0.15) is 0 Å². The second kappa shape index (κ2) is 7.29. The Hall–Kier alpha value is -1.35. The molecule has 0 heterocycles. The molecule has 2 N–H and O–H groups in total. The maximum Gasteiger partial charge on any atom is 0.227 e. The van der Waals surface area contributed by atoms with Crippen molar-refractivity contribution in [3.05, 3.63) is 35.9 Å². The molecule has 0 spiro atoms. The number of nitrogens with two attached hydrogens (primary N) is 1. The summed E-state index contributed by atoms with van der Waals surface area (Å²) in [7, 11) is 0. The molecule has 3 unspecified atom stereocenters. The molecule has 0 fully saturated rings. The van der Waals surface area contributed by atoms with Crippen molar-refractivity contribution >= 4 is 5.91 Å². The Labute approximate surface area is 116 Å². The molecule has 1 aromatic carbocycles. The third-order valence-electron chi connectivity index (χ3n) is 3.78. The van der Waals surface area contributed by atoms with Crippen LogP contribution in [0, 0.1) is 5.92 Å². The Morgan fingerprint density at radius 2 is 1.79 bits per heavy atom. The van der Waals surface area contributed by atoms with Crippen LogP contribution >= 0.6 is 0 Å². The van der Waals surface area contributed by atoms with Crippen LogP contribution in [0.15, 0.2) is 30.3 Å². The van der Waals surface area contributed by atoms with Gasteiger partial charge in [-0.3, -0.25) is 4.79 Å². The third-order valence-corrected chi connectivity index (χ3v) is 3.78. The van der Waals surface area contributed by atoms with Crippen molar-refractivity contribution in [2.75, 3.05) is 0 Å². The largest absolute Gasteiger partial charge is 0.335 e. The van der Waals surface area contributed by atoms with E-state index in [0.717, 1.165) is 12.0 Å². The van der Waals surface area contributed by atoms with Crippen LogP contribution in [-0.4, -0.2) is 22.9 Å².